The third-order valence-electron chi connectivity index (χ3n) is 3.06. The van der Waals surface area contributed by atoms with Crippen LogP contribution < -0.4 is 10.9 Å². The van der Waals surface area contributed by atoms with E-state index in [0.717, 1.165) is 11.5 Å². The normalized spacial score (nSPS) is 13.6. The fraction of sp³-hybridized carbons (Fsp3) is 0.167. The molecular weight excluding hydrogens is 218 g/mol. The van der Waals surface area contributed by atoms with E-state index >= 15 is 0 Å². The van der Waals surface area contributed by atoms with Gasteiger partial charge in [-0.3, -0.25) is 14.2 Å². The molecule has 1 amide bonds. The predicted molar refractivity (Wildman–Crippen MR) is 62.2 cm³/mol. The van der Waals surface area contributed by atoms with E-state index in [-0.39, 0.29) is 11.5 Å². The topological polar surface area (TPSA) is 56.0 Å². The van der Waals surface area contributed by atoms with Crippen LogP contribution in [-0.2, 0) is 13.6 Å². The highest BCUT2D eigenvalue weighted by Crippen LogP contribution is 2.20. The van der Waals surface area contributed by atoms with Crippen molar-refractivity contribution in [2.45, 2.75) is 6.54 Å². The Morgan fingerprint density at radius 2 is 2.06 bits per heavy atom. The summed E-state index contributed by atoms with van der Waals surface area (Å²) < 4.78 is 3.43. The van der Waals surface area contributed by atoms with Crippen molar-refractivity contribution in [1.29, 1.82) is 0 Å². The maximum absolute atomic E-state index is 11.6. The van der Waals surface area contributed by atoms with Crippen LogP contribution in [0.1, 0.15) is 16.1 Å². The lowest BCUT2D eigenvalue weighted by Crippen LogP contribution is -2.20. The van der Waals surface area contributed by atoms with Gasteiger partial charge < -0.3 is 9.88 Å². The van der Waals surface area contributed by atoms with Crippen molar-refractivity contribution in [2.75, 3.05) is 0 Å². The van der Waals surface area contributed by atoms with Gasteiger partial charge in [0, 0.05) is 19.3 Å². The van der Waals surface area contributed by atoms with Crippen LogP contribution in [0.4, 0.5) is 0 Å². The van der Waals surface area contributed by atoms with Crippen LogP contribution in [0.2, 0.25) is 0 Å². The Morgan fingerprint density at radius 3 is 2.88 bits per heavy atom. The second kappa shape index (κ2) is 3.35. The number of amides is 1. The highest BCUT2D eigenvalue weighted by atomic mass is 16.2. The fourth-order valence-electron chi connectivity index (χ4n) is 2.12. The van der Waals surface area contributed by atoms with Crippen LogP contribution in [0.25, 0.3) is 5.82 Å². The van der Waals surface area contributed by atoms with Crippen LogP contribution in [0.15, 0.2) is 35.3 Å². The van der Waals surface area contributed by atoms with Gasteiger partial charge in [-0.25, -0.2) is 0 Å². The Balaban J connectivity index is 2.24. The molecule has 2 aromatic heterocycles. The molecule has 0 fully saturated rings. The van der Waals surface area contributed by atoms with Gasteiger partial charge in [0.25, 0.3) is 11.5 Å². The van der Waals surface area contributed by atoms with Crippen molar-refractivity contribution in [3.63, 3.8) is 0 Å². The lowest BCUT2D eigenvalue weighted by molar-refractivity contribution is 0.0965. The van der Waals surface area contributed by atoms with Crippen LogP contribution in [0, 0.1) is 0 Å². The molecular formula is C12H11N3O2. The minimum Gasteiger partial charge on any atom is -0.346 e. The van der Waals surface area contributed by atoms with E-state index in [2.05, 4.69) is 5.32 Å². The van der Waals surface area contributed by atoms with Crippen molar-refractivity contribution in [3.8, 4) is 5.82 Å². The van der Waals surface area contributed by atoms with E-state index in [1.165, 1.54) is 6.07 Å². The summed E-state index contributed by atoms with van der Waals surface area (Å²) in [6.45, 7) is 0.504. The van der Waals surface area contributed by atoms with Gasteiger partial charge in [-0.15, -0.1) is 0 Å². The second-order valence-corrected chi connectivity index (χ2v) is 4.01. The first-order chi connectivity index (χ1) is 8.18. The summed E-state index contributed by atoms with van der Waals surface area (Å²) in [5, 5.41) is 2.76. The number of carbonyl (C=O) groups excluding carboxylic acids is 1. The molecule has 0 aliphatic carbocycles. The van der Waals surface area contributed by atoms with Crippen molar-refractivity contribution < 1.29 is 4.79 Å². The van der Waals surface area contributed by atoms with Gasteiger partial charge in [0.05, 0.1) is 17.8 Å². The Hall–Kier alpha value is -2.30. The zero-order valence-corrected chi connectivity index (χ0v) is 9.30. The molecule has 0 saturated heterocycles. The number of hydrogen-bond acceptors (Lipinski definition) is 2. The zero-order valence-electron chi connectivity index (χ0n) is 9.30. The summed E-state index contributed by atoms with van der Waals surface area (Å²) in [4.78, 5) is 23.0. The summed E-state index contributed by atoms with van der Waals surface area (Å²) in [6, 6.07) is 6.85. The average Bonchev–Trinajstić information content (AvgIpc) is 2.87. The number of pyridine rings is 1. The molecule has 0 radical (unpaired) electrons. The number of rotatable bonds is 1. The molecule has 2 aromatic rings. The van der Waals surface area contributed by atoms with Crippen molar-refractivity contribution in [1.82, 2.24) is 14.5 Å². The van der Waals surface area contributed by atoms with Crippen LogP contribution in [-0.4, -0.2) is 15.0 Å². The Labute approximate surface area is 97.3 Å². The number of aromatic nitrogens is 2. The molecule has 5 nitrogen and oxygen atoms in total. The van der Waals surface area contributed by atoms with Gasteiger partial charge in [0.1, 0.15) is 5.82 Å². The summed E-state index contributed by atoms with van der Waals surface area (Å²) in [5.41, 5.74) is 1.51. The van der Waals surface area contributed by atoms with E-state index in [1.807, 2.05) is 16.8 Å². The molecule has 3 heterocycles. The summed E-state index contributed by atoms with van der Waals surface area (Å²) in [6.07, 6.45) is 1.82. The first-order valence-electron chi connectivity index (χ1n) is 5.33. The van der Waals surface area contributed by atoms with Gasteiger partial charge in [0.2, 0.25) is 0 Å². The quantitative estimate of drug-likeness (QED) is 0.770. The van der Waals surface area contributed by atoms with Gasteiger partial charge in [-0.1, -0.05) is 6.07 Å². The standard InChI is InChI=1S/C12H11N3O2/c1-14-10(3-2-4-11(14)16)15-6-5-8-9(15)7-13-12(8)17/h2-6H,7H2,1H3,(H,13,17). The Morgan fingerprint density at radius 1 is 1.24 bits per heavy atom. The average molecular weight is 229 g/mol. The molecule has 5 heteroatoms. The van der Waals surface area contributed by atoms with E-state index in [1.54, 1.807) is 23.7 Å². The SMILES string of the molecule is Cn1c(-n2ccc3c2CNC3=O)cccc1=O. The molecule has 0 spiro atoms. The molecule has 0 atom stereocenters. The molecule has 0 aromatic carbocycles. The number of nitrogens with one attached hydrogen (secondary N) is 1. The van der Waals surface area contributed by atoms with Gasteiger partial charge in [0.15, 0.2) is 0 Å². The molecule has 17 heavy (non-hydrogen) atoms. The molecule has 0 bridgehead atoms. The first kappa shape index (κ1) is 9.89. The summed E-state index contributed by atoms with van der Waals surface area (Å²) >= 11 is 0. The predicted octanol–water partition coefficient (Wildman–Crippen LogP) is 0.419. The minimum absolute atomic E-state index is 0.0559. The number of carbonyl (C=O) groups is 1. The molecule has 0 saturated carbocycles. The Kier molecular flexibility index (Phi) is 1.95. The van der Waals surface area contributed by atoms with Crippen molar-refractivity contribution in [3.05, 3.63) is 52.1 Å². The maximum Gasteiger partial charge on any atom is 0.253 e. The highest BCUT2D eigenvalue weighted by Gasteiger charge is 2.23. The minimum atomic E-state index is -0.0674. The Bertz CT molecular complexity index is 667. The highest BCUT2D eigenvalue weighted by molar-refractivity contribution is 5.98. The fourth-order valence-corrected chi connectivity index (χ4v) is 2.12. The number of nitrogens with zero attached hydrogens (tertiary/aromatic N) is 2. The summed E-state index contributed by atoms with van der Waals surface area (Å²) in [5.74, 6) is 0.704. The molecule has 1 N–H and O–H groups in total. The van der Waals surface area contributed by atoms with E-state index in [9.17, 15) is 9.59 Å². The van der Waals surface area contributed by atoms with E-state index < -0.39 is 0 Å². The van der Waals surface area contributed by atoms with E-state index in [4.69, 9.17) is 0 Å². The van der Waals surface area contributed by atoms with Gasteiger partial charge >= 0.3 is 0 Å². The maximum atomic E-state index is 11.6. The van der Waals surface area contributed by atoms with Crippen molar-refractivity contribution in [2.24, 2.45) is 7.05 Å². The first-order valence-corrected chi connectivity index (χ1v) is 5.33. The van der Waals surface area contributed by atoms with Crippen molar-refractivity contribution >= 4 is 5.91 Å². The lowest BCUT2D eigenvalue weighted by atomic mass is 10.3. The monoisotopic (exact) mass is 229 g/mol. The molecule has 1 aliphatic heterocycles. The number of hydrogen-bond donors (Lipinski definition) is 1. The molecule has 1 aliphatic rings. The largest absolute Gasteiger partial charge is 0.346 e. The zero-order chi connectivity index (χ0) is 12.0. The van der Waals surface area contributed by atoms with Gasteiger partial charge in [-0.05, 0) is 12.1 Å². The van der Waals surface area contributed by atoms with Gasteiger partial charge in [-0.2, -0.15) is 0 Å². The molecule has 0 unspecified atom stereocenters. The van der Waals surface area contributed by atoms with Crippen LogP contribution >= 0.6 is 0 Å². The van der Waals surface area contributed by atoms with Crippen LogP contribution in [0.3, 0.4) is 0 Å². The summed E-state index contributed by atoms with van der Waals surface area (Å²) in [7, 11) is 1.72. The number of fused-ring (bicyclic) bond motifs is 1. The smallest absolute Gasteiger partial charge is 0.253 e. The van der Waals surface area contributed by atoms with E-state index in [0.29, 0.717) is 12.1 Å². The van der Waals surface area contributed by atoms with Crippen LogP contribution in [0.5, 0.6) is 0 Å². The molecule has 3 rings (SSSR count). The molecule has 86 valence electrons. The lowest BCUT2D eigenvalue weighted by Gasteiger charge is -2.11. The third-order valence-corrected chi connectivity index (χ3v) is 3.06. The third kappa shape index (κ3) is 1.32. The second-order valence-electron chi connectivity index (χ2n) is 4.01.